The number of Topliss-reactive ketones (excluding diaryl/α,β-unsaturated/α-hetero) is 1. The van der Waals surface area contributed by atoms with Gasteiger partial charge in [-0.1, -0.05) is 44.0 Å². The molecule has 3 heteroatoms. The summed E-state index contributed by atoms with van der Waals surface area (Å²) in [4.78, 5) is 11.7. The van der Waals surface area contributed by atoms with Crippen molar-refractivity contribution in [2.45, 2.75) is 24.5 Å². The molecule has 0 fully saturated rings. The minimum Gasteiger partial charge on any atom is -0.292 e. The molecule has 76 valence electrons. The van der Waals surface area contributed by atoms with E-state index in [2.05, 4.69) is 38.8 Å². The molecular weight excluding hydrogens is 308 g/mol. The van der Waals surface area contributed by atoms with Gasteiger partial charge in [-0.05, 0) is 37.5 Å². The molecule has 0 N–H and O–H groups in total. The van der Waals surface area contributed by atoms with Crippen molar-refractivity contribution in [1.82, 2.24) is 0 Å². The number of hydrogen-bond acceptors (Lipinski definition) is 1. The number of aryl methyl sites for hydroxylation is 1. The average Bonchev–Trinajstić information content (AvgIpc) is 2.13. The van der Waals surface area contributed by atoms with Crippen LogP contribution in [0, 0.1) is 20.8 Å². The van der Waals surface area contributed by atoms with Crippen LogP contribution in [-0.4, -0.2) is 9.52 Å². The van der Waals surface area contributed by atoms with Crippen molar-refractivity contribution < 1.29 is 4.79 Å². The van der Waals surface area contributed by atoms with Crippen molar-refractivity contribution in [2.75, 3.05) is 0 Å². The van der Waals surface area contributed by atoms with Gasteiger partial charge in [0, 0.05) is 5.56 Å². The van der Waals surface area contributed by atoms with Crippen molar-refractivity contribution in [3.8, 4) is 0 Å². The van der Waals surface area contributed by atoms with Gasteiger partial charge in [0.2, 0.25) is 0 Å². The van der Waals surface area contributed by atoms with Crippen LogP contribution in [0.4, 0.5) is 0 Å². The lowest BCUT2D eigenvalue weighted by Gasteiger charge is -2.10. The van der Waals surface area contributed by atoms with Gasteiger partial charge < -0.3 is 0 Å². The number of alkyl halides is 2. The Morgan fingerprint density at radius 3 is 2.21 bits per heavy atom. The monoisotopic (exact) mass is 318 g/mol. The summed E-state index contributed by atoms with van der Waals surface area (Å²) in [5.74, 6) is 0.0746. The highest BCUT2D eigenvalue weighted by atomic mass is 79.9. The summed E-state index contributed by atoms with van der Waals surface area (Å²) < 4.78 is -0.296. The smallest absolute Gasteiger partial charge is 0.187 e. The van der Waals surface area contributed by atoms with Gasteiger partial charge >= 0.3 is 0 Å². The summed E-state index contributed by atoms with van der Waals surface area (Å²) in [6, 6.07) is 3.87. The fraction of sp³-hybridized carbons (Fsp3) is 0.364. The minimum atomic E-state index is -0.296. The molecular formula is C11H12Br2O. The molecule has 0 heterocycles. The van der Waals surface area contributed by atoms with Crippen LogP contribution in [0.15, 0.2) is 12.1 Å². The maximum absolute atomic E-state index is 11.7. The van der Waals surface area contributed by atoms with Crippen LogP contribution in [0.2, 0.25) is 0 Å². The quantitative estimate of drug-likeness (QED) is 0.596. The largest absolute Gasteiger partial charge is 0.292 e. The molecule has 0 saturated heterocycles. The molecule has 0 aromatic heterocycles. The summed E-state index contributed by atoms with van der Waals surface area (Å²) in [7, 11) is 0. The number of carbonyl (C=O) groups excluding carboxylic acids is 1. The van der Waals surface area contributed by atoms with Gasteiger partial charge in [-0.3, -0.25) is 4.79 Å². The molecule has 1 nitrogen and oxygen atoms in total. The SMILES string of the molecule is Cc1ccc(C(=O)C(Br)Br)c(C)c1C. The molecule has 0 bridgehead atoms. The number of rotatable bonds is 2. The summed E-state index contributed by atoms with van der Waals surface area (Å²) in [6.07, 6.45) is 0. The molecule has 0 amide bonds. The molecule has 0 aliphatic carbocycles. The Balaban J connectivity index is 3.24. The second kappa shape index (κ2) is 4.58. The van der Waals surface area contributed by atoms with Gasteiger partial charge in [0.1, 0.15) is 3.74 Å². The number of hydrogen-bond donors (Lipinski definition) is 0. The first-order valence-corrected chi connectivity index (χ1v) is 6.17. The first kappa shape index (κ1) is 11.9. The fourth-order valence-corrected chi connectivity index (χ4v) is 1.83. The van der Waals surface area contributed by atoms with E-state index in [0.717, 1.165) is 11.1 Å². The van der Waals surface area contributed by atoms with Crippen LogP contribution >= 0.6 is 31.9 Å². The molecule has 0 atom stereocenters. The molecule has 0 aliphatic heterocycles. The summed E-state index contributed by atoms with van der Waals surface area (Å²) in [6.45, 7) is 6.08. The zero-order valence-electron chi connectivity index (χ0n) is 8.40. The van der Waals surface area contributed by atoms with Crippen LogP contribution in [0.1, 0.15) is 27.0 Å². The van der Waals surface area contributed by atoms with Crippen molar-refractivity contribution >= 4 is 37.6 Å². The molecule has 0 radical (unpaired) electrons. The molecule has 0 saturated carbocycles. The summed E-state index contributed by atoms with van der Waals surface area (Å²) in [5, 5.41) is 0. The Morgan fingerprint density at radius 1 is 1.14 bits per heavy atom. The van der Waals surface area contributed by atoms with Gasteiger partial charge in [0.15, 0.2) is 5.78 Å². The molecule has 0 aliphatic rings. The van der Waals surface area contributed by atoms with E-state index in [1.54, 1.807) is 0 Å². The third-order valence-corrected chi connectivity index (χ3v) is 3.35. The summed E-state index contributed by atoms with van der Waals surface area (Å²) >= 11 is 6.44. The Bertz CT molecular complexity index is 370. The number of ketones is 1. The normalized spacial score (nSPS) is 10.7. The maximum atomic E-state index is 11.7. The fourth-order valence-electron chi connectivity index (χ4n) is 1.34. The third-order valence-electron chi connectivity index (χ3n) is 2.52. The molecule has 1 aromatic carbocycles. The predicted molar refractivity (Wildman–Crippen MR) is 66.6 cm³/mol. The Labute approximate surface area is 101 Å². The van der Waals surface area contributed by atoms with Crippen molar-refractivity contribution in [1.29, 1.82) is 0 Å². The van der Waals surface area contributed by atoms with E-state index in [1.165, 1.54) is 11.1 Å². The Kier molecular flexibility index (Phi) is 3.90. The molecule has 1 aromatic rings. The lowest BCUT2D eigenvalue weighted by atomic mass is 9.97. The van der Waals surface area contributed by atoms with E-state index in [9.17, 15) is 4.79 Å². The van der Waals surface area contributed by atoms with E-state index in [1.807, 2.05) is 26.0 Å². The maximum Gasteiger partial charge on any atom is 0.187 e. The molecule has 14 heavy (non-hydrogen) atoms. The van der Waals surface area contributed by atoms with E-state index in [4.69, 9.17) is 0 Å². The standard InChI is InChI=1S/C11H12Br2O/c1-6-4-5-9(8(3)7(6)2)10(14)11(12)13/h4-5,11H,1-3H3. The second-order valence-electron chi connectivity index (χ2n) is 3.34. The molecule has 0 unspecified atom stereocenters. The first-order valence-electron chi connectivity index (χ1n) is 4.34. The lowest BCUT2D eigenvalue weighted by Crippen LogP contribution is -2.10. The van der Waals surface area contributed by atoms with Gasteiger partial charge in [-0.15, -0.1) is 0 Å². The van der Waals surface area contributed by atoms with E-state index < -0.39 is 0 Å². The molecule has 1 rings (SSSR count). The van der Waals surface area contributed by atoms with Gasteiger partial charge in [-0.25, -0.2) is 0 Å². The van der Waals surface area contributed by atoms with E-state index >= 15 is 0 Å². The number of carbonyl (C=O) groups is 1. The first-order chi connectivity index (χ1) is 6.45. The van der Waals surface area contributed by atoms with Crippen molar-refractivity contribution in [3.63, 3.8) is 0 Å². The highest BCUT2D eigenvalue weighted by Gasteiger charge is 2.16. The number of benzene rings is 1. The Morgan fingerprint density at radius 2 is 1.71 bits per heavy atom. The lowest BCUT2D eigenvalue weighted by molar-refractivity contribution is 0.101. The zero-order valence-corrected chi connectivity index (χ0v) is 11.6. The van der Waals surface area contributed by atoms with Gasteiger partial charge in [0.05, 0.1) is 0 Å². The van der Waals surface area contributed by atoms with Crippen LogP contribution in [0.25, 0.3) is 0 Å². The van der Waals surface area contributed by atoms with E-state index in [-0.39, 0.29) is 9.52 Å². The van der Waals surface area contributed by atoms with Crippen LogP contribution < -0.4 is 0 Å². The van der Waals surface area contributed by atoms with Crippen LogP contribution in [0.5, 0.6) is 0 Å². The topological polar surface area (TPSA) is 17.1 Å². The predicted octanol–water partition coefficient (Wildman–Crippen LogP) is 3.91. The second-order valence-corrected chi connectivity index (χ2v) is 6.41. The van der Waals surface area contributed by atoms with Gasteiger partial charge in [-0.2, -0.15) is 0 Å². The van der Waals surface area contributed by atoms with Crippen molar-refractivity contribution in [3.05, 3.63) is 34.4 Å². The van der Waals surface area contributed by atoms with Gasteiger partial charge in [0.25, 0.3) is 0 Å². The van der Waals surface area contributed by atoms with Crippen molar-refractivity contribution in [2.24, 2.45) is 0 Å². The third kappa shape index (κ3) is 2.26. The van der Waals surface area contributed by atoms with Crippen LogP contribution in [0.3, 0.4) is 0 Å². The number of halogens is 2. The van der Waals surface area contributed by atoms with Crippen LogP contribution in [-0.2, 0) is 0 Å². The highest BCUT2D eigenvalue weighted by Crippen LogP contribution is 2.22. The zero-order chi connectivity index (χ0) is 10.9. The van der Waals surface area contributed by atoms with E-state index in [0.29, 0.717) is 0 Å². The summed E-state index contributed by atoms with van der Waals surface area (Å²) in [5.41, 5.74) is 4.27. The molecule has 0 spiro atoms. The average molecular weight is 320 g/mol. The minimum absolute atomic E-state index is 0.0746. The Hall–Kier alpha value is -0.150. The highest BCUT2D eigenvalue weighted by molar-refractivity contribution is 9.25.